The average molecular weight is 354 g/mol. The Bertz CT molecular complexity index is 884. The van der Waals surface area contributed by atoms with Crippen LogP contribution in [0.15, 0.2) is 54.9 Å². The summed E-state index contributed by atoms with van der Waals surface area (Å²) >= 11 is 5.35. The van der Waals surface area contributed by atoms with Gasteiger partial charge in [0.05, 0.1) is 18.4 Å². The van der Waals surface area contributed by atoms with E-state index in [-0.39, 0.29) is 5.82 Å². The Balaban J connectivity index is 1.63. The van der Waals surface area contributed by atoms with E-state index >= 15 is 0 Å². The first-order valence-corrected chi connectivity index (χ1v) is 8.32. The van der Waals surface area contributed by atoms with Crippen molar-refractivity contribution < 1.29 is 4.39 Å². The average Bonchev–Trinajstić information content (AvgIpc) is 2.95. The van der Waals surface area contributed by atoms with Gasteiger partial charge in [-0.1, -0.05) is 24.3 Å². The van der Waals surface area contributed by atoms with Gasteiger partial charge in [-0.3, -0.25) is 4.68 Å². The zero-order valence-electron chi connectivity index (χ0n) is 14.1. The molecule has 3 rings (SSSR count). The lowest BCUT2D eigenvalue weighted by atomic mass is 10.1. The molecule has 6 heteroatoms. The molecule has 0 fully saturated rings. The van der Waals surface area contributed by atoms with Crippen molar-refractivity contribution in [3.8, 4) is 0 Å². The molecule has 3 aromatic rings. The highest BCUT2D eigenvalue weighted by molar-refractivity contribution is 7.80. The summed E-state index contributed by atoms with van der Waals surface area (Å²) in [6.45, 7) is 4.45. The Morgan fingerprint density at radius 3 is 2.48 bits per heavy atom. The highest BCUT2D eigenvalue weighted by Gasteiger charge is 2.05. The molecule has 128 valence electrons. The first-order valence-electron chi connectivity index (χ1n) is 7.92. The second kappa shape index (κ2) is 7.44. The van der Waals surface area contributed by atoms with Crippen LogP contribution in [0.3, 0.4) is 0 Å². The largest absolute Gasteiger partial charge is 0.332 e. The summed E-state index contributed by atoms with van der Waals surface area (Å²) in [6, 6.07) is 12.8. The van der Waals surface area contributed by atoms with E-state index in [2.05, 4.69) is 21.8 Å². The van der Waals surface area contributed by atoms with Crippen LogP contribution in [-0.4, -0.2) is 14.9 Å². The molecule has 1 heterocycles. The number of aryl methyl sites for hydroxylation is 2. The van der Waals surface area contributed by atoms with Gasteiger partial charge in [-0.15, -0.1) is 0 Å². The number of nitrogens with one attached hydrogen (secondary N) is 2. The van der Waals surface area contributed by atoms with E-state index in [1.165, 1.54) is 17.2 Å². The molecule has 2 N–H and O–H groups in total. The SMILES string of the molecule is Cc1cc(C)cc(NC(=S)Nc2cnn(Cc3ccccc3F)c2)c1. The maximum Gasteiger partial charge on any atom is 0.175 e. The lowest BCUT2D eigenvalue weighted by Crippen LogP contribution is -2.18. The van der Waals surface area contributed by atoms with E-state index in [9.17, 15) is 4.39 Å². The van der Waals surface area contributed by atoms with Crippen molar-refractivity contribution >= 4 is 28.7 Å². The molecule has 0 atom stereocenters. The second-order valence-electron chi connectivity index (χ2n) is 5.97. The number of rotatable bonds is 4. The minimum atomic E-state index is -0.237. The molecule has 0 aliphatic rings. The zero-order chi connectivity index (χ0) is 17.8. The Labute approximate surface area is 151 Å². The highest BCUT2D eigenvalue weighted by Crippen LogP contribution is 2.15. The van der Waals surface area contributed by atoms with E-state index in [1.807, 2.05) is 32.0 Å². The topological polar surface area (TPSA) is 41.9 Å². The quantitative estimate of drug-likeness (QED) is 0.677. The molecule has 0 amide bonds. The van der Waals surface area contributed by atoms with Crippen molar-refractivity contribution in [2.75, 3.05) is 10.6 Å². The molecule has 0 aliphatic heterocycles. The molecule has 0 saturated carbocycles. The molecule has 0 saturated heterocycles. The van der Waals surface area contributed by atoms with Gasteiger partial charge in [0, 0.05) is 17.4 Å². The summed E-state index contributed by atoms with van der Waals surface area (Å²) in [5.41, 5.74) is 4.62. The minimum Gasteiger partial charge on any atom is -0.332 e. The molecule has 4 nitrogen and oxygen atoms in total. The summed E-state index contributed by atoms with van der Waals surface area (Å²) in [4.78, 5) is 0. The van der Waals surface area contributed by atoms with Gasteiger partial charge >= 0.3 is 0 Å². The number of thiocarbonyl (C=S) groups is 1. The van der Waals surface area contributed by atoms with Crippen LogP contribution in [0.1, 0.15) is 16.7 Å². The molecule has 0 bridgehead atoms. The monoisotopic (exact) mass is 354 g/mol. The first-order chi connectivity index (χ1) is 12.0. The molecule has 0 radical (unpaired) electrons. The summed E-state index contributed by atoms with van der Waals surface area (Å²) < 4.78 is 15.4. The normalized spacial score (nSPS) is 10.5. The Morgan fingerprint density at radius 1 is 1.08 bits per heavy atom. The fourth-order valence-electron chi connectivity index (χ4n) is 2.66. The van der Waals surface area contributed by atoms with Crippen molar-refractivity contribution in [2.24, 2.45) is 0 Å². The Hall–Kier alpha value is -2.73. The molecular weight excluding hydrogens is 335 g/mol. The number of nitrogens with zero attached hydrogens (tertiary/aromatic N) is 2. The Morgan fingerprint density at radius 2 is 1.76 bits per heavy atom. The lowest BCUT2D eigenvalue weighted by molar-refractivity contribution is 0.585. The zero-order valence-corrected chi connectivity index (χ0v) is 14.9. The third-order valence-corrected chi connectivity index (χ3v) is 3.86. The molecule has 2 aromatic carbocycles. The maximum atomic E-state index is 13.7. The predicted octanol–water partition coefficient (Wildman–Crippen LogP) is 4.50. The summed E-state index contributed by atoms with van der Waals surface area (Å²) in [5.74, 6) is -0.237. The van der Waals surface area contributed by atoms with Gasteiger partial charge in [-0.25, -0.2) is 4.39 Å². The van der Waals surface area contributed by atoms with Gasteiger partial charge in [0.2, 0.25) is 0 Å². The van der Waals surface area contributed by atoms with Gasteiger partial charge in [0.1, 0.15) is 5.82 Å². The number of anilines is 2. The summed E-state index contributed by atoms with van der Waals surface area (Å²) in [7, 11) is 0. The van der Waals surface area contributed by atoms with E-state index < -0.39 is 0 Å². The number of halogens is 1. The standard InChI is InChI=1S/C19H19FN4S/c1-13-7-14(2)9-16(8-13)22-19(25)23-17-10-21-24(12-17)11-15-5-3-4-6-18(15)20/h3-10,12H,11H2,1-2H3,(H2,22,23,25). The smallest absolute Gasteiger partial charge is 0.175 e. The summed E-state index contributed by atoms with van der Waals surface area (Å²) in [6.07, 6.45) is 3.46. The van der Waals surface area contributed by atoms with Crippen LogP contribution in [-0.2, 0) is 6.54 Å². The minimum absolute atomic E-state index is 0.237. The second-order valence-corrected chi connectivity index (χ2v) is 6.38. The van der Waals surface area contributed by atoms with Crippen LogP contribution < -0.4 is 10.6 Å². The van der Waals surface area contributed by atoms with Crippen molar-refractivity contribution in [1.82, 2.24) is 9.78 Å². The molecule has 1 aromatic heterocycles. The van der Waals surface area contributed by atoms with Gasteiger partial charge in [0.15, 0.2) is 5.11 Å². The van der Waals surface area contributed by atoms with Crippen molar-refractivity contribution in [3.05, 3.63) is 77.4 Å². The number of benzene rings is 2. The van der Waals surface area contributed by atoms with Gasteiger partial charge < -0.3 is 10.6 Å². The predicted molar refractivity (Wildman–Crippen MR) is 103 cm³/mol. The van der Waals surface area contributed by atoms with Crippen LogP contribution in [0.4, 0.5) is 15.8 Å². The van der Waals surface area contributed by atoms with Gasteiger partial charge in [-0.05, 0) is 55.4 Å². The van der Waals surface area contributed by atoms with Crippen molar-refractivity contribution in [1.29, 1.82) is 0 Å². The lowest BCUT2D eigenvalue weighted by Gasteiger charge is -2.10. The first kappa shape index (κ1) is 17.1. The summed E-state index contributed by atoms with van der Waals surface area (Å²) in [5, 5.41) is 11.0. The molecular formula is C19H19FN4S. The number of hydrogen-bond donors (Lipinski definition) is 2. The van der Waals surface area contributed by atoms with Crippen LogP contribution in [0.25, 0.3) is 0 Å². The van der Waals surface area contributed by atoms with E-state index in [4.69, 9.17) is 12.2 Å². The molecule has 25 heavy (non-hydrogen) atoms. The molecule has 0 spiro atoms. The third-order valence-electron chi connectivity index (χ3n) is 3.66. The van der Waals surface area contributed by atoms with Crippen LogP contribution in [0.2, 0.25) is 0 Å². The number of hydrogen-bond acceptors (Lipinski definition) is 2. The van der Waals surface area contributed by atoms with Gasteiger partial charge in [-0.2, -0.15) is 5.10 Å². The number of aromatic nitrogens is 2. The van der Waals surface area contributed by atoms with Crippen molar-refractivity contribution in [2.45, 2.75) is 20.4 Å². The maximum absolute atomic E-state index is 13.7. The fourth-order valence-corrected chi connectivity index (χ4v) is 2.89. The Kier molecular flexibility index (Phi) is 5.09. The molecule has 0 aliphatic carbocycles. The third kappa shape index (κ3) is 4.64. The van der Waals surface area contributed by atoms with Crippen LogP contribution in [0.5, 0.6) is 0 Å². The van der Waals surface area contributed by atoms with Crippen molar-refractivity contribution in [3.63, 3.8) is 0 Å². The fraction of sp³-hybridized carbons (Fsp3) is 0.158. The van der Waals surface area contributed by atoms with Gasteiger partial charge in [0.25, 0.3) is 0 Å². The van der Waals surface area contributed by atoms with E-state index in [0.717, 1.165) is 11.4 Å². The van der Waals surface area contributed by atoms with Crippen LogP contribution in [0, 0.1) is 19.7 Å². The van der Waals surface area contributed by atoms with E-state index in [1.54, 1.807) is 29.2 Å². The highest BCUT2D eigenvalue weighted by atomic mass is 32.1. The van der Waals surface area contributed by atoms with E-state index in [0.29, 0.717) is 17.2 Å². The van der Waals surface area contributed by atoms with Crippen LogP contribution >= 0.6 is 12.2 Å². The molecule has 0 unspecified atom stereocenters.